The van der Waals surface area contributed by atoms with E-state index in [0.29, 0.717) is 17.0 Å². The Morgan fingerprint density at radius 1 is 1.21 bits per heavy atom. The Morgan fingerprint density at radius 3 is 2.50 bits per heavy atom. The number of aryl methyl sites for hydroxylation is 1. The van der Waals surface area contributed by atoms with Crippen molar-refractivity contribution in [2.24, 2.45) is 0 Å². The fourth-order valence-corrected chi connectivity index (χ4v) is 2.26. The maximum Gasteiger partial charge on any atom is 0.319 e. The van der Waals surface area contributed by atoms with Crippen LogP contribution in [0.1, 0.15) is 24.2 Å². The molecule has 2 atom stereocenters. The number of halogens is 1. The predicted octanol–water partition coefficient (Wildman–Crippen LogP) is 3.39. The zero-order chi connectivity index (χ0) is 17.7. The fourth-order valence-electron chi connectivity index (χ4n) is 2.26. The lowest BCUT2D eigenvalue weighted by molar-refractivity contribution is 0.139. The van der Waals surface area contributed by atoms with Gasteiger partial charge in [0.05, 0.1) is 19.3 Å². The number of methoxy groups -OCH3 is 1. The topological polar surface area (TPSA) is 70.6 Å². The second-order valence-electron chi connectivity index (χ2n) is 5.56. The van der Waals surface area contributed by atoms with Gasteiger partial charge in [0.2, 0.25) is 0 Å². The molecule has 24 heavy (non-hydrogen) atoms. The van der Waals surface area contributed by atoms with E-state index in [9.17, 15) is 14.3 Å². The fraction of sp³-hybridized carbons (Fsp3) is 0.278. The minimum atomic E-state index is -0.942. The molecule has 5 nitrogen and oxygen atoms in total. The largest absolute Gasteiger partial charge is 0.497 e. The van der Waals surface area contributed by atoms with E-state index < -0.39 is 18.2 Å². The molecule has 2 amide bonds. The summed E-state index contributed by atoms with van der Waals surface area (Å²) < 4.78 is 18.1. The van der Waals surface area contributed by atoms with Crippen molar-refractivity contribution in [1.82, 2.24) is 5.32 Å². The normalized spacial score (nSPS) is 13.0. The molecule has 3 N–H and O–H groups in total. The number of nitrogens with one attached hydrogen (secondary N) is 2. The van der Waals surface area contributed by atoms with E-state index in [1.165, 1.54) is 24.3 Å². The molecule has 2 aromatic rings. The number of aliphatic hydroxyl groups excluding tert-OH is 1. The Balaban J connectivity index is 2.00. The molecular weight excluding hydrogens is 311 g/mol. The first-order valence-corrected chi connectivity index (χ1v) is 7.56. The Hall–Kier alpha value is -2.60. The lowest BCUT2D eigenvalue weighted by Gasteiger charge is -2.21. The van der Waals surface area contributed by atoms with E-state index in [4.69, 9.17) is 4.74 Å². The summed E-state index contributed by atoms with van der Waals surface area (Å²) in [5.74, 6) is 0.258. The standard InChI is InChI=1S/C18H21FN2O3/c1-11-4-9-15(24-3)10-16(11)21-18(23)20-12(2)17(22)13-5-7-14(19)8-6-13/h4-10,12,17,22H,1-3H3,(H2,20,21,23). The summed E-state index contributed by atoms with van der Waals surface area (Å²) in [6.07, 6.45) is -0.942. The summed E-state index contributed by atoms with van der Waals surface area (Å²) in [7, 11) is 1.55. The van der Waals surface area contributed by atoms with Crippen LogP contribution in [0.5, 0.6) is 5.75 Å². The third-order valence-corrected chi connectivity index (χ3v) is 3.74. The van der Waals surface area contributed by atoms with Gasteiger partial charge in [0.15, 0.2) is 0 Å². The van der Waals surface area contributed by atoms with Gasteiger partial charge in [-0.25, -0.2) is 9.18 Å². The highest BCUT2D eigenvalue weighted by atomic mass is 19.1. The van der Waals surface area contributed by atoms with Crippen LogP contribution in [0.25, 0.3) is 0 Å². The van der Waals surface area contributed by atoms with Crippen LogP contribution < -0.4 is 15.4 Å². The van der Waals surface area contributed by atoms with Crippen molar-refractivity contribution in [3.63, 3.8) is 0 Å². The van der Waals surface area contributed by atoms with Crippen LogP contribution in [0.2, 0.25) is 0 Å². The van der Waals surface area contributed by atoms with Crippen molar-refractivity contribution in [3.05, 3.63) is 59.4 Å². The predicted molar refractivity (Wildman–Crippen MR) is 90.7 cm³/mol. The van der Waals surface area contributed by atoms with Crippen molar-refractivity contribution in [3.8, 4) is 5.75 Å². The van der Waals surface area contributed by atoms with Crippen LogP contribution >= 0.6 is 0 Å². The number of carbonyl (C=O) groups excluding carboxylic acids is 1. The van der Waals surface area contributed by atoms with Gasteiger partial charge < -0.3 is 20.5 Å². The lowest BCUT2D eigenvalue weighted by Crippen LogP contribution is -2.39. The van der Waals surface area contributed by atoms with Gasteiger partial charge in [-0.3, -0.25) is 0 Å². The molecule has 2 rings (SSSR count). The molecule has 0 saturated carbocycles. The van der Waals surface area contributed by atoms with Crippen LogP contribution in [0, 0.1) is 12.7 Å². The zero-order valence-electron chi connectivity index (χ0n) is 13.8. The number of rotatable bonds is 5. The van der Waals surface area contributed by atoms with Crippen LogP contribution in [-0.2, 0) is 0 Å². The van der Waals surface area contributed by atoms with Gasteiger partial charge in [0.25, 0.3) is 0 Å². The molecule has 0 spiro atoms. The molecule has 0 fully saturated rings. The van der Waals surface area contributed by atoms with Crippen LogP contribution in [-0.4, -0.2) is 24.3 Å². The Bertz CT molecular complexity index is 704. The highest BCUT2D eigenvalue weighted by Crippen LogP contribution is 2.22. The number of amides is 2. The van der Waals surface area contributed by atoms with E-state index in [-0.39, 0.29) is 5.82 Å². The van der Waals surface area contributed by atoms with E-state index in [1.54, 1.807) is 26.2 Å². The highest BCUT2D eigenvalue weighted by molar-refractivity contribution is 5.90. The van der Waals surface area contributed by atoms with Gasteiger partial charge in [-0.2, -0.15) is 0 Å². The van der Waals surface area contributed by atoms with Crippen molar-refractivity contribution in [2.75, 3.05) is 12.4 Å². The molecule has 0 aliphatic rings. The maximum absolute atomic E-state index is 12.9. The molecule has 0 aliphatic heterocycles. The molecule has 128 valence electrons. The number of aliphatic hydroxyl groups is 1. The van der Waals surface area contributed by atoms with E-state index in [0.717, 1.165) is 5.56 Å². The molecule has 0 bridgehead atoms. The maximum atomic E-state index is 12.9. The summed E-state index contributed by atoms with van der Waals surface area (Å²) in [4.78, 5) is 12.1. The SMILES string of the molecule is COc1ccc(C)c(NC(=O)NC(C)C(O)c2ccc(F)cc2)c1. The summed E-state index contributed by atoms with van der Waals surface area (Å²) in [6.45, 7) is 3.54. The lowest BCUT2D eigenvalue weighted by atomic mass is 10.0. The van der Waals surface area contributed by atoms with Crippen molar-refractivity contribution in [1.29, 1.82) is 0 Å². The molecule has 6 heteroatoms. The van der Waals surface area contributed by atoms with Gasteiger partial charge in [-0.15, -0.1) is 0 Å². The number of urea groups is 1. The molecule has 0 saturated heterocycles. The number of carbonyl (C=O) groups is 1. The first-order valence-electron chi connectivity index (χ1n) is 7.56. The molecule has 2 aromatic carbocycles. The van der Waals surface area contributed by atoms with Crippen molar-refractivity contribution in [2.45, 2.75) is 26.0 Å². The summed E-state index contributed by atoms with van der Waals surface area (Å²) in [5, 5.41) is 15.6. The molecule has 0 heterocycles. The van der Waals surface area contributed by atoms with Crippen molar-refractivity contribution < 1.29 is 19.0 Å². The van der Waals surface area contributed by atoms with Gasteiger partial charge in [-0.1, -0.05) is 18.2 Å². The van der Waals surface area contributed by atoms with Gasteiger partial charge in [-0.05, 0) is 43.2 Å². The summed E-state index contributed by atoms with van der Waals surface area (Å²) in [5.41, 5.74) is 2.04. The average Bonchev–Trinajstić information content (AvgIpc) is 2.56. The quantitative estimate of drug-likeness (QED) is 0.786. The van der Waals surface area contributed by atoms with E-state index >= 15 is 0 Å². The number of anilines is 1. The van der Waals surface area contributed by atoms with Crippen LogP contribution in [0.3, 0.4) is 0 Å². The smallest absolute Gasteiger partial charge is 0.319 e. The molecule has 2 unspecified atom stereocenters. The zero-order valence-corrected chi connectivity index (χ0v) is 13.8. The first kappa shape index (κ1) is 17.7. The monoisotopic (exact) mass is 332 g/mol. The van der Waals surface area contributed by atoms with Gasteiger partial charge >= 0.3 is 6.03 Å². The Kier molecular flexibility index (Phi) is 5.76. The molecular formula is C18H21FN2O3. The highest BCUT2D eigenvalue weighted by Gasteiger charge is 2.19. The third-order valence-electron chi connectivity index (χ3n) is 3.74. The molecule has 0 aromatic heterocycles. The first-order chi connectivity index (χ1) is 11.4. The number of hydrogen-bond donors (Lipinski definition) is 3. The average molecular weight is 332 g/mol. The minimum Gasteiger partial charge on any atom is -0.497 e. The molecule has 0 aliphatic carbocycles. The number of benzene rings is 2. The number of hydrogen-bond acceptors (Lipinski definition) is 3. The second-order valence-corrected chi connectivity index (χ2v) is 5.56. The van der Waals surface area contributed by atoms with Crippen molar-refractivity contribution >= 4 is 11.7 Å². The van der Waals surface area contributed by atoms with Gasteiger partial charge in [0, 0.05) is 11.8 Å². The Labute approximate surface area is 140 Å². The van der Waals surface area contributed by atoms with Crippen LogP contribution in [0.15, 0.2) is 42.5 Å². The molecule has 0 radical (unpaired) electrons. The number of ether oxygens (including phenoxy) is 1. The van der Waals surface area contributed by atoms with E-state index in [2.05, 4.69) is 10.6 Å². The van der Waals surface area contributed by atoms with Crippen LogP contribution in [0.4, 0.5) is 14.9 Å². The third kappa shape index (κ3) is 4.45. The summed E-state index contributed by atoms with van der Waals surface area (Å²) in [6, 6.07) is 9.88. The summed E-state index contributed by atoms with van der Waals surface area (Å²) >= 11 is 0. The Morgan fingerprint density at radius 2 is 1.88 bits per heavy atom. The second kappa shape index (κ2) is 7.79. The minimum absolute atomic E-state index is 0.377. The van der Waals surface area contributed by atoms with E-state index in [1.807, 2.05) is 13.0 Å². The van der Waals surface area contributed by atoms with Gasteiger partial charge in [0.1, 0.15) is 11.6 Å².